The van der Waals surface area contributed by atoms with E-state index in [9.17, 15) is 18.4 Å². The zero-order valence-electron chi connectivity index (χ0n) is 16.4. The van der Waals surface area contributed by atoms with Crippen LogP contribution in [0.4, 0.5) is 20.2 Å². The predicted octanol–water partition coefficient (Wildman–Crippen LogP) is 4.98. The van der Waals surface area contributed by atoms with Gasteiger partial charge in [0.05, 0.1) is 11.3 Å². The SMILES string of the molecule is Cc1ccc(NC2=C(c3ccc(F)cc3)C(=O)N(c3ccccc3F)C2=O)cc1C. The largest absolute Gasteiger partial charge is 0.350 e. The van der Waals surface area contributed by atoms with Crippen molar-refractivity contribution in [3.05, 3.63) is 101 Å². The van der Waals surface area contributed by atoms with Crippen LogP contribution < -0.4 is 10.2 Å². The van der Waals surface area contributed by atoms with E-state index in [4.69, 9.17) is 0 Å². The second-order valence-corrected chi connectivity index (χ2v) is 7.08. The van der Waals surface area contributed by atoms with E-state index >= 15 is 0 Å². The summed E-state index contributed by atoms with van der Waals surface area (Å²) in [5, 5.41) is 3.02. The van der Waals surface area contributed by atoms with Gasteiger partial charge in [0.15, 0.2) is 0 Å². The maximum atomic E-state index is 14.4. The summed E-state index contributed by atoms with van der Waals surface area (Å²) >= 11 is 0. The summed E-state index contributed by atoms with van der Waals surface area (Å²) in [5.41, 5.74) is 2.99. The maximum Gasteiger partial charge on any atom is 0.282 e. The number of halogens is 2. The van der Waals surface area contributed by atoms with Crippen molar-refractivity contribution in [3.8, 4) is 0 Å². The summed E-state index contributed by atoms with van der Waals surface area (Å²) in [5.74, 6) is -2.51. The van der Waals surface area contributed by atoms with E-state index in [0.29, 0.717) is 11.3 Å². The average molecular weight is 404 g/mol. The summed E-state index contributed by atoms with van der Waals surface area (Å²) in [7, 11) is 0. The molecule has 150 valence electrons. The molecule has 0 saturated carbocycles. The molecule has 0 fully saturated rings. The van der Waals surface area contributed by atoms with Crippen molar-refractivity contribution >= 4 is 28.8 Å². The average Bonchev–Trinajstić information content (AvgIpc) is 2.96. The summed E-state index contributed by atoms with van der Waals surface area (Å²) in [4.78, 5) is 27.2. The van der Waals surface area contributed by atoms with Crippen molar-refractivity contribution in [3.63, 3.8) is 0 Å². The van der Waals surface area contributed by atoms with Crippen LogP contribution in [0.25, 0.3) is 5.57 Å². The third kappa shape index (κ3) is 3.37. The number of benzene rings is 3. The Hall–Kier alpha value is -3.80. The highest BCUT2D eigenvalue weighted by Gasteiger charge is 2.41. The molecule has 1 aliphatic heterocycles. The third-order valence-corrected chi connectivity index (χ3v) is 5.09. The molecule has 2 amide bonds. The van der Waals surface area contributed by atoms with Crippen molar-refractivity contribution in [2.24, 2.45) is 0 Å². The first-order valence-corrected chi connectivity index (χ1v) is 9.34. The van der Waals surface area contributed by atoms with Gasteiger partial charge in [-0.15, -0.1) is 0 Å². The van der Waals surface area contributed by atoms with Crippen molar-refractivity contribution in [2.75, 3.05) is 10.2 Å². The van der Waals surface area contributed by atoms with Gasteiger partial charge < -0.3 is 5.32 Å². The molecule has 6 heteroatoms. The molecular formula is C24H18F2N2O2. The number of hydrogen-bond donors (Lipinski definition) is 1. The van der Waals surface area contributed by atoms with Crippen molar-refractivity contribution in [2.45, 2.75) is 13.8 Å². The Kier molecular flexibility index (Phi) is 4.91. The molecule has 1 aliphatic rings. The van der Waals surface area contributed by atoms with Crippen LogP contribution in [0.5, 0.6) is 0 Å². The fourth-order valence-electron chi connectivity index (χ4n) is 3.35. The van der Waals surface area contributed by atoms with Crippen LogP contribution >= 0.6 is 0 Å². The van der Waals surface area contributed by atoms with Crippen molar-refractivity contribution in [1.82, 2.24) is 0 Å². The summed E-state index contributed by atoms with van der Waals surface area (Å²) in [6.45, 7) is 3.90. The quantitative estimate of drug-likeness (QED) is 0.624. The number of aryl methyl sites for hydroxylation is 2. The zero-order chi connectivity index (χ0) is 21.4. The highest BCUT2D eigenvalue weighted by molar-refractivity contribution is 6.46. The number of anilines is 2. The molecule has 0 radical (unpaired) electrons. The Labute approximate surface area is 172 Å². The first-order chi connectivity index (χ1) is 14.4. The van der Waals surface area contributed by atoms with Crippen LogP contribution in [0, 0.1) is 25.5 Å². The lowest BCUT2D eigenvalue weighted by molar-refractivity contribution is -0.120. The first kappa shape index (κ1) is 19.5. The lowest BCUT2D eigenvalue weighted by Crippen LogP contribution is -2.33. The molecule has 3 aromatic rings. The Morgan fingerprint density at radius 2 is 1.50 bits per heavy atom. The fraction of sp³-hybridized carbons (Fsp3) is 0.0833. The fourth-order valence-corrected chi connectivity index (χ4v) is 3.35. The Bertz CT molecular complexity index is 1200. The minimum Gasteiger partial charge on any atom is -0.350 e. The third-order valence-electron chi connectivity index (χ3n) is 5.09. The standard InChI is InChI=1S/C24H18F2N2O2/c1-14-7-12-18(13-15(14)2)27-22-21(16-8-10-17(25)11-9-16)23(29)28(24(22)30)20-6-4-3-5-19(20)26/h3-13,27H,1-2H3. The van der Waals surface area contributed by atoms with Crippen LogP contribution in [-0.2, 0) is 9.59 Å². The molecular weight excluding hydrogens is 386 g/mol. The number of nitrogens with one attached hydrogen (secondary N) is 1. The number of carbonyl (C=O) groups excluding carboxylic acids is 2. The molecule has 0 saturated heterocycles. The Morgan fingerprint density at radius 1 is 0.800 bits per heavy atom. The number of amides is 2. The molecule has 0 unspecified atom stereocenters. The molecule has 0 atom stereocenters. The van der Waals surface area contributed by atoms with Crippen LogP contribution in [0.2, 0.25) is 0 Å². The Balaban J connectivity index is 1.84. The second-order valence-electron chi connectivity index (χ2n) is 7.08. The molecule has 1 N–H and O–H groups in total. The topological polar surface area (TPSA) is 49.4 Å². The molecule has 30 heavy (non-hydrogen) atoms. The van der Waals surface area contributed by atoms with Gasteiger partial charge in [-0.05, 0) is 66.9 Å². The molecule has 1 heterocycles. The summed E-state index contributed by atoms with van der Waals surface area (Å²) in [6, 6.07) is 16.4. The Morgan fingerprint density at radius 3 is 2.17 bits per heavy atom. The molecule has 3 aromatic carbocycles. The van der Waals surface area contributed by atoms with Gasteiger partial charge in [0.25, 0.3) is 11.8 Å². The molecule has 0 bridgehead atoms. The number of para-hydroxylation sites is 1. The minimum atomic E-state index is -0.690. The van der Waals surface area contributed by atoms with Gasteiger partial charge >= 0.3 is 0 Å². The number of rotatable bonds is 4. The lowest BCUT2D eigenvalue weighted by Gasteiger charge is -2.16. The summed E-state index contributed by atoms with van der Waals surface area (Å²) < 4.78 is 27.8. The molecule has 0 aliphatic carbocycles. The smallest absolute Gasteiger partial charge is 0.282 e. The number of nitrogens with zero attached hydrogens (tertiary/aromatic N) is 1. The van der Waals surface area contributed by atoms with Gasteiger partial charge in [0, 0.05) is 5.69 Å². The number of imide groups is 1. The lowest BCUT2D eigenvalue weighted by atomic mass is 10.0. The van der Waals surface area contributed by atoms with Crippen molar-refractivity contribution in [1.29, 1.82) is 0 Å². The van der Waals surface area contributed by atoms with Crippen LogP contribution in [0.15, 0.2) is 72.4 Å². The van der Waals surface area contributed by atoms with E-state index in [-0.39, 0.29) is 17.0 Å². The van der Waals surface area contributed by atoms with E-state index in [1.165, 1.54) is 42.5 Å². The second kappa shape index (κ2) is 7.55. The normalized spacial score (nSPS) is 13.9. The van der Waals surface area contributed by atoms with Gasteiger partial charge in [-0.2, -0.15) is 0 Å². The van der Waals surface area contributed by atoms with E-state index < -0.39 is 23.4 Å². The van der Waals surface area contributed by atoms with Gasteiger partial charge in [0.2, 0.25) is 0 Å². The molecule has 4 nitrogen and oxygen atoms in total. The van der Waals surface area contributed by atoms with Gasteiger partial charge in [0.1, 0.15) is 17.3 Å². The van der Waals surface area contributed by atoms with Crippen LogP contribution in [-0.4, -0.2) is 11.8 Å². The van der Waals surface area contributed by atoms with E-state index in [1.807, 2.05) is 26.0 Å². The predicted molar refractivity (Wildman–Crippen MR) is 112 cm³/mol. The van der Waals surface area contributed by atoms with Gasteiger partial charge in [-0.25, -0.2) is 13.7 Å². The highest BCUT2D eigenvalue weighted by Crippen LogP contribution is 2.35. The summed E-state index contributed by atoms with van der Waals surface area (Å²) in [6.07, 6.45) is 0. The number of carbonyl (C=O) groups is 2. The monoisotopic (exact) mass is 404 g/mol. The van der Waals surface area contributed by atoms with E-state index in [2.05, 4.69) is 5.32 Å². The minimum absolute atomic E-state index is 0.0121. The molecule has 0 spiro atoms. The van der Waals surface area contributed by atoms with Gasteiger partial charge in [-0.3, -0.25) is 9.59 Å². The molecule has 4 rings (SSSR count). The van der Waals surface area contributed by atoms with E-state index in [1.54, 1.807) is 12.1 Å². The van der Waals surface area contributed by atoms with Crippen LogP contribution in [0.1, 0.15) is 16.7 Å². The van der Waals surface area contributed by atoms with Gasteiger partial charge in [-0.1, -0.05) is 30.3 Å². The van der Waals surface area contributed by atoms with Crippen LogP contribution in [0.3, 0.4) is 0 Å². The first-order valence-electron chi connectivity index (χ1n) is 9.34. The maximum absolute atomic E-state index is 14.4. The number of hydrogen-bond acceptors (Lipinski definition) is 3. The molecule has 0 aromatic heterocycles. The highest BCUT2D eigenvalue weighted by atomic mass is 19.1. The zero-order valence-corrected chi connectivity index (χ0v) is 16.4. The van der Waals surface area contributed by atoms with Crippen molar-refractivity contribution < 1.29 is 18.4 Å². The van der Waals surface area contributed by atoms with E-state index in [0.717, 1.165) is 16.0 Å².